The zero-order chi connectivity index (χ0) is 18.4. The normalized spacial score (nSPS) is 12.3. The zero-order valence-corrected chi connectivity index (χ0v) is 15.3. The first kappa shape index (κ1) is 18.1. The molecule has 7 heteroatoms. The molecule has 3 N–H and O–H groups in total. The number of aliphatic hydroxyl groups excluding tert-OH is 1. The molecule has 0 aliphatic carbocycles. The van der Waals surface area contributed by atoms with E-state index in [0.717, 1.165) is 30.6 Å². The van der Waals surface area contributed by atoms with Crippen molar-refractivity contribution in [2.75, 3.05) is 17.2 Å². The Hall–Kier alpha value is -2.67. The van der Waals surface area contributed by atoms with E-state index in [1.54, 1.807) is 0 Å². The number of nitrogens with zero attached hydrogens (tertiary/aromatic N) is 4. The maximum absolute atomic E-state index is 9.47. The van der Waals surface area contributed by atoms with Crippen molar-refractivity contribution in [1.29, 1.82) is 0 Å². The Kier molecular flexibility index (Phi) is 6.01. The molecular weight excluding hydrogens is 328 g/mol. The number of aromatic nitrogens is 4. The second-order valence-corrected chi connectivity index (χ2v) is 6.28. The molecule has 26 heavy (non-hydrogen) atoms. The molecule has 3 rings (SSSR count). The Labute approximate surface area is 153 Å². The second-order valence-electron chi connectivity index (χ2n) is 6.28. The van der Waals surface area contributed by atoms with Gasteiger partial charge in [-0.15, -0.1) is 0 Å². The Bertz CT molecular complexity index is 829. The van der Waals surface area contributed by atoms with Crippen molar-refractivity contribution in [2.24, 2.45) is 0 Å². The predicted octanol–water partition coefficient (Wildman–Crippen LogP) is 3.03. The van der Waals surface area contributed by atoms with Gasteiger partial charge in [-0.1, -0.05) is 44.2 Å². The smallest absolute Gasteiger partial charge is 0.227 e. The summed E-state index contributed by atoms with van der Waals surface area (Å²) in [6.45, 7) is 5.69. The van der Waals surface area contributed by atoms with E-state index in [1.165, 1.54) is 5.56 Å². The molecule has 138 valence electrons. The molecule has 0 fully saturated rings. The Morgan fingerprint density at radius 3 is 2.65 bits per heavy atom. The van der Waals surface area contributed by atoms with Crippen LogP contribution in [0.2, 0.25) is 0 Å². The number of hydrogen-bond donors (Lipinski definition) is 3. The predicted molar refractivity (Wildman–Crippen MR) is 104 cm³/mol. The van der Waals surface area contributed by atoms with Crippen molar-refractivity contribution in [3.63, 3.8) is 0 Å². The van der Waals surface area contributed by atoms with Gasteiger partial charge >= 0.3 is 0 Å². The van der Waals surface area contributed by atoms with Crippen LogP contribution in [0.5, 0.6) is 0 Å². The van der Waals surface area contributed by atoms with Gasteiger partial charge in [0.2, 0.25) is 5.95 Å². The summed E-state index contributed by atoms with van der Waals surface area (Å²) in [5, 5.41) is 16.1. The van der Waals surface area contributed by atoms with Crippen molar-refractivity contribution < 1.29 is 5.11 Å². The minimum absolute atomic E-state index is 0.0406. The van der Waals surface area contributed by atoms with Crippen molar-refractivity contribution in [1.82, 2.24) is 19.5 Å². The lowest BCUT2D eigenvalue weighted by Crippen LogP contribution is -2.24. The van der Waals surface area contributed by atoms with Crippen molar-refractivity contribution in [2.45, 2.75) is 45.8 Å². The van der Waals surface area contributed by atoms with Gasteiger partial charge in [0.1, 0.15) is 0 Å². The summed E-state index contributed by atoms with van der Waals surface area (Å²) in [6, 6.07) is 10.1. The van der Waals surface area contributed by atoms with Gasteiger partial charge in [-0.3, -0.25) is 0 Å². The summed E-state index contributed by atoms with van der Waals surface area (Å²) in [5.74, 6) is 1.20. The third kappa shape index (κ3) is 4.11. The first-order chi connectivity index (χ1) is 12.7. The van der Waals surface area contributed by atoms with Crippen LogP contribution in [0.15, 0.2) is 36.7 Å². The summed E-state index contributed by atoms with van der Waals surface area (Å²) < 4.78 is 2.04. The van der Waals surface area contributed by atoms with Crippen molar-refractivity contribution in [3.05, 3.63) is 42.2 Å². The lowest BCUT2D eigenvalue weighted by molar-refractivity contribution is 0.271. The minimum Gasteiger partial charge on any atom is -0.394 e. The number of benzene rings is 1. The lowest BCUT2D eigenvalue weighted by Gasteiger charge is -2.15. The first-order valence-electron chi connectivity index (χ1n) is 9.13. The maximum Gasteiger partial charge on any atom is 0.227 e. The van der Waals surface area contributed by atoms with Gasteiger partial charge in [-0.25, -0.2) is 4.98 Å². The lowest BCUT2D eigenvalue weighted by atomic mass is 10.2. The summed E-state index contributed by atoms with van der Waals surface area (Å²) >= 11 is 0. The molecule has 0 unspecified atom stereocenters. The van der Waals surface area contributed by atoms with E-state index in [1.807, 2.05) is 36.0 Å². The van der Waals surface area contributed by atoms with E-state index >= 15 is 0 Å². The molecule has 1 atom stereocenters. The number of aryl methyl sites for hydroxylation is 1. The van der Waals surface area contributed by atoms with E-state index in [4.69, 9.17) is 0 Å². The first-order valence-corrected chi connectivity index (χ1v) is 9.13. The quantitative estimate of drug-likeness (QED) is 0.547. The number of hydrogen-bond acceptors (Lipinski definition) is 6. The molecule has 0 bridgehead atoms. The highest BCUT2D eigenvalue weighted by molar-refractivity contribution is 5.84. The van der Waals surface area contributed by atoms with Gasteiger partial charge < -0.3 is 20.3 Å². The summed E-state index contributed by atoms with van der Waals surface area (Å²) in [6.07, 6.45) is 3.60. The standard InChI is InChI=1S/C19H26N6O/c1-3-10-25-13-21-16-17(20-11-14-8-6-5-7-9-14)23-19(24-18(16)25)22-15(4-2)12-26/h5-9,13,15,26H,3-4,10-12H2,1-2H3,(H2,20,22,23,24)/t15-/m1/s1. The van der Waals surface area contributed by atoms with Gasteiger partial charge in [-0.05, 0) is 18.4 Å². The minimum atomic E-state index is -0.0723. The van der Waals surface area contributed by atoms with E-state index < -0.39 is 0 Å². The molecule has 0 saturated heterocycles. The fourth-order valence-corrected chi connectivity index (χ4v) is 2.78. The van der Waals surface area contributed by atoms with Gasteiger partial charge in [0, 0.05) is 13.1 Å². The highest BCUT2D eigenvalue weighted by Crippen LogP contribution is 2.22. The zero-order valence-electron chi connectivity index (χ0n) is 15.3. The van der Waals surface area contributed by atoms with Crippen LogP contribution >= 0.6 is 0 Å². The molecule has 7 nitrogen and oxygen atoms in total. The van der Waals surface area contributed by atoms with Crippen LogP contribution in [0, 0.1) is 0 Å². The number of imidazole rings is 1. The average molecular weight is 354 g/mol. The van der Waals surface area contributed by atoms with Crippen LogP contribution in [-0.4, -0.2) is 37.3 Å². The van der Waals surface area contributed by atoms with Crippen LogP contribution in [0.4, 0.5) is 11.8 Å². The topological polar surface area (TPSA) is 87.9 Å². The molecule has 0 saturated carbocycles. The molecule has 2 aromatic heterocycles. The molecular formula is C19H26N6O. The van der Waals surface area contributed by atoms with Crippen LogP contribution < -0.4 is 10.6 Å². The monoisotopic (exact) mass is 354 g/mol. The van der Waals surface area contributed by atoms with Crippen molar-refractivity contribution in [3.8, 4) is 0 Å². The fraction of sp³-hybridized carbons (Fsp3) is 0.421. The van der Waals surface area contributed by atoms with Gasteiger partial charge in [0.05, 0.1) is 19.0 Å². The third-order valence-electron chi connectivity index (χ3n) is 4.28. The summed E-state index contributed by atoms with van der Waals surface area (Å²) in [4.78, 5) is 13.7. The highest BCUT2D eigenvalue weighted by Gasteiger charge is 2.15. The van der Waals surface area contributed by atoms with E-state index in [-0.39, 0.29) is 12.6 Å². The molecule has 0 radical (unpaired) electrons. The number of nitrogens with one attached hydrogen (secondary N) is 2. The highest BCUT2D eigenvalue weighted by atomic mass is 16.3. The fourth-order valence-electron chi connectivity index (χ4n) is 2.78. The third-order valence-corrected chi connectivity index (χ3v) is 4.28. The Morgan fingerprint density at radius 1 is 1.15 bits per heavy atom. The Balaban J connectivity index is 1.93. The van der Waals surface area contributed by atoms with Gasteiger partial charge in [0.15, 0.2) is 17.0 Å². The van der Waals surface area contributed by atoms with Crippen LogP contribution in [0.25, 0.3) is 11.2 Å². The molecule has 3 aromatic rings. The summed E-state index contributed by atoms with van der Waals surface area (Å²) in [7, 11) is 0. The summed E-state index contributed by atoms with van der Waals surface area (Å²) in [5.41, 5.74) is 2.73. The van der Waals surface area contributed by atoms with Gasteiger partial charge in [0.25, 0.3) is 0 Å². The van der Waals surface area contributed by atoms with Crippen molar-refractivity contribution >= 4 is 22.9 Å². The van der Waals surface area contributed by atoms with E-state index in [2.05, 4.69) is 44.6 Å². The molecule has 1 aromatic carbocycles. The maximum atomic E-state index is 9.47. The largest absolute Gasteiger partial charge is 0.394 e. The van der Waals surface area contributed by atoms with Crippen LogP contribution in [0.3, 0.4) is 0 Å². The molecule has 0 amide bonds. The molecule has 0 spiro atoms. The number of rotatable bonds is 9. The number of anilines is 2. The molecule has 0 aliphatic rings. The van der Waals surface area contributed by atoms with Crippen LogP contribution in [-0.2, 0) is 13.1 Å². The van der Waals surface area contributed by atoms with Gasteiger partial charge in [-0.2, -0.15) is 9.97 Å². The molecule has 0 aliphatic heterocycles. The van der Waals surface area contributed by atoms with E-state index in [0.29, 0.717) is 18.3 Å². The number of fused-ring (bicyclic) bond motifs is 1. The average Bonchev–Trinajstić information content (AvgIpc) is 3.08. The second kappa shape index (κ2) is 8.62. The van der Waals surface area contributed by atoms with Crippen LogP contribution in [0.1, 0.15) is 32.3 Å². The Morgan fingerprint density at radius 2 is 1.96 bits per heavy atom. The number of aliphatic hydroxyl groups is 1. The molecule has 2 heterocycles. The van der Waals surface area contributed by atoms with E-state index in [9.17, 15) is 5.11 Å². The SMILES string of the molecule is CCCn1cnc2c(NCc3ccccc3)nc(N[C@H](CC)CO)nc21.